The van der Waals surface area contributed by atoms with Crippen LogP contribution < -0.4 is 24.6 Å². The van der Waals surface area contributed by atoms with Gasteiger partial charge in [0.05, 0.1) is 31.9 Å². The van der Waals surface area contributed by atoms with Gasteiger partial charge in [0.25, 0.3) is 5.91 Å². The third kappa shape index (κ3) is 4.69. The van der Waals surface area contributed by atoms with Crippen LogP contribution in [0.5, 0.6) is 11.5 Å². The third-order valence-corrected chi connectivity index (χ3v) is 5.69. The van der Waals surface area contributed by atoms with Crippen LogP contribution in [0, 0.1) is 0 Å². The summed E-state index contributed by atoms with van der Waals surface area (Å²) in [5.74, 6) is 0.807. The largest absolute Gasteiger partial charge is 0.454 e. The lowest BCUT2D eigenvalue weighted by Crippen LogP contribution is -3.15. The van der Waals surface area contributed by atoms with Crippen molar-refractivity contribution >= 4 is 28.8 Å². The van der Waals surface area contributed by atoms with Crippen LogP contribution in [0.25, 0.3) is 0 Å². The molecule has 2 aromatic carbocycles. The standard InChI is InChI=1S/C23H25N3O5/c1-15(27)17-3-5-18(6-4-17)26-9-7-25(8-10-26)13-23(29)24-20-12-22-21(30-14-31-22)11-19(20)16(2)28/h3-6,11-12H,7-10,13-14H2,1-2H3,(H,24,29)/p+1. The molecule has 0 spiro atoms. The van der Waals surface area contributed by atoms with Gasteiger partial charge in [0.2, 0.25) is 6.79 Å². The molecule has 1 fully saturated rings. The van der Waals surface area contributed by atoms with E-state index in [1.54, 1.807) is 19.1 Å². The number of Topliss-reactive ketones (excluding diaryl/α,β-unsaturated/α-hetero) is 2. The zero-order chi connectivity index (χ0) is 22.0. The molecule has 1 amide bonds. The van der Waals surface area contributed by atoms with Crippen LogP contribution in [0.3, 0.4) is 0 Å². The lowest BCUT2D eigenvalue weighted by molar-refractivity contribution is -0.892. The van der Waals surface area contributed by atoms with Gasteiger partial charge in [0.1, 0.15) is 0 Å². The molecule has 2 N–H and O–H groups in total. The van der Waals surface area contributed by atoms with E-state index >= 15 is 0 Å². The lowest BCUT2D eigenvalue weighted by Gasteiger charge is -2.33. The van der Waals surface area contributed by atoms with E-state index in [0.29, 0.717) is 34.9 Å². The van der Waals surface area contributed by atoms with Crippen LogP contribution in [0.4, 0.5) is 11.4 Å². The zero-order valence-corrected chi connectivity index (χ0v) is 17.7. The summed E-state index contributed by atoms with van der Waals surface area (Å²) in [5, 5.41) is 2.87. The highest BCUT2D eigenvalue weighted by atomic mass is 16.7. The van der Waals surface area contributed by atoms with Gasteiger partial charge in [0, 0.05) is 22.9 Å². The molecular weight excluding hydrogens is 398 g/mol. The highest BCUT2D eigenvalue weighted by Gasteiger charge is 2.24. The number of benzene rings is 2. The van der Waals surface area contributed by atoms with Crippen molar-refractivity contribution in [3.05, 3.63) is 47.5 Å². The van der Waals surface area contributed by atoms with Crippen LogP contribution >= 0.6 is 0 Å². The predicted molar refractivity (Wildman–Crippen MR) is 115 cm³/mol. The Morgan fingerprint density at radius 3 is 2.23 bits per heavy atom. The summed E-state index contributed by atoms with van der Waals surface area (Å²) in [4.78, 5) is 39.5. The normalized spacial score (nSPS) is 15.6. The molecule has 0 aliphatic carbocycles. The van der Waals surface area contributed by atoms with Crippen LogP contribution in [0.1, 0.15) is 34.6 Å². The highest BCUT2D eigenvalue weighted by Crippen LogP contribution is 2.37. The number of nitrogens with one attached hydrogen (secondary N) is 2. The van der Waals surface area contributed by atoms with Crippen molar-refractivity contribution < 1.29 is 28.8 Å². The first-order valence-corrected chi connectivity index (χ1v) is 10.3. The number of piperazine rings is 1. The van der Waals surface area contributed by atoms with Crippen molar-refractivity contribution in [2.45, 2.75) is 13.8 Å². The molecule has 0 radical (unpaired) electrons. The Morgan fingerprint density at radius 2 is 1.61 bits per heavy atom. The van der Waals surface area contributed by atoms with Crippen LogP contribution in [0.15, 0.2) is 36.4 Å². The van der Waals surface area contributed by atoms with Crippen molar-refractivity contribution in [1.82, 2.24) is 0 Å². The average Bonchev–Trinajstić information content (AvgIpc) is 3.21. The van der Waals surface area contributed by atoms with Crippen molar-refractivity contribution in [2.75, 3.05) is 49.7 Å². The average molecular weight is 424 g/mol. The molecule has 8 nitrogen and oxygen atoms in total. The molecule has 0 saturated carbocycles. The fourth-order valence-electron chi connectivity index (χ4n) is 3.92. The molecule has 2 aliphatic rings. The lowest BCUT2D eigenvalue weighted by atomic mass is 10.1. The maximum atomic E-state index is 12.6. The van der Waals surface area contributed by atoms with E-state index in [-0.39, 0.29) is 24.3 Å². The molecule has 4 rings (SSSR count). The number of rotatable bonds is 6. The van der Waals surface area contributed by atoms with Gasteiger partial charge in [-0.05, 0) is 44.2 Å². The summed E-state index contributed by atoms with van der Waals surface area (Å²) in [5.41, 5.74) is 2.65. The number of carbonyl (C=O) groups excluding carboxylic acids is 3. The Morgan fingerprint density at radius 1 is 0.968 bits per heavy atom. The number of carbonyl (C=O) groups is 3. The molecule has 0 aromatic heterocycles. The SMILES string of the molecule is CC(=O)c1ccc(N2CC[NH+](CC(=O)Nc3cc4c(cc3C(C)=O)OCO4)CC2)cc1. The van der Waals surface area contributed by atoms with Crippen LogP contribution in [-0.2, 0) is 4.79 Å². The molecule has 162 valence electrons. The second kappa shape index (κ2) is 8.77. The molecular formula is C23H26N3O5+. The number of amides is 1. The van der Waals surface area contributed by atoms with Gasteiger partial charge in [-0.15, -0.1) is 0 Å². The van der Waals surface area contributed by atoms with Gasteiger partial charge >= 0.3 is 0 Å². The van der Waals surface area contributed by atoms with Gasteiger partial charge in [0.15, 0.2) is 29.6 Å². The molecule has 31 heavy (non-hydrogen) atoms. The van der Waals surface area contributed by atoms with Crippen molar-refractivity contribution in [3.63, 3.8) is 0 Å². The van der Waals surface area contributed by atoms with E-state index in [1.165, 1.54) is 11.8 Å². The number of hydrogen-bond donors (Lipinski definition) is 2. The Bertz CT molecular complexity index is 1010. The van der Waals surface area contributed by atoms with Crippen molar-refractivity contribution in [3.8, 4) is 11.5 Å². The summed E-state index contributed by atoms with van der Waals surface area (Å²) in [6, 6.07) is 10.9. The maximum absolute atomic E-state index is 12.6. The Kier molecular flexibility index (Phi) is 5.90. The number of nitrogens with zero attached hydrogens (tertiary/aromatic N) is 1. The van der Waals surface area contributed by atoms with Gasteiger partial charge in [-0.25, -0.2) is 0 Å². The van der Waals surface area contributed by atoms with Gasteiger partial charge in [-0.3, -0.25) is 14.4 Å². The van der Waals surface area contributed by atoms with Gasteiger partial charge in [-0.1, -0.05) is 0 Å². The monoisotopic (exact) mass is 424 g/mol. The molecule has 0 unspecified atom stereocenters. The molecule has 0 atom stereocenters. The Balaban J connectivity index is 1.33. The third-order valence-electron chi connectivity index (χ3n) is 5.69. The highest BCUT2D eigenvalue weighted by molar-refractivity contribution is 6.04. The zero-order valence-electron chi connectivity index (χ0n) is 17.7. The first kappa shape index (κ1) is 20.9. The topological polar surface area (TPSA) is 89.4 Å². The van der Waals surface area contributed by atoms with Crippen molar-refractivity contribution in [1.29, 1.82) is 0 Å². The van der Waals surface area contributed by atoms with Crippen molar-refractivity contribution in [2.24, 2.45) is 0 Å². The van der Waals surface area contributed by atoms with E-state index in [1.807, 2.05) is 24.3 Å². The predicted octanol–water partition coefficient (Wildman–Crippen LogP) is 1.16. The summed E-state index contributed by atoms with van der Waals surface area (Å²) in [6.45, 7) is 6.74. The number of fused-ring (bicyclic) bond motifs is 1. The van der Waals surface area contributed by atoms with E-state index in [9.17, 15) is 14.4 Å². The summed E-state index contributed by atoms with van der Waals surface area (Å²) < 4.78 is 10.7. The molecule has 2 aromatic rings. The summed E-state index contributed by atoms with van der Waals surface area (Å²) in [7, 11) is 0. The minimum atomic E-state index is -0.148. The smallest absolute Gasteiger partial charge is 0.279 e. The van der Waals surface area contributed by atoms with Crippen LogP contribution in [0.2, 0.25) is 0 Å². The summed E-state index contributed by atoms with van der Waals surface area (Å²) in [6.07, 6.45) is 0. The first-order valence-electron chi connectivity index (χ1n) is 10.3. The van der Waals surface area contributed by atoms with Gasteiger partial charge < -0.3 is 24.6 Å². The molecule has 2 heterocycles. The second-order valence-electron chi connectivity index (χ2n) is 7.87. The molecule has 0 bridgehead atoms. The summed E-state index contributed by atoms with van der Waals surface area (Å²) >= 11 is 0. The molecule has 1 saturated heterocycles. The molecule has 8 heteroatoms. The van der Waals surface area contributed by atoms with E-state index < -0.39 is 0 Å². The second-order valence-corrected chi connectivity index (χ2v) is 7.87. The number of anilines is 2. The Labute approximate surface area is 180 Å². The fraction of sp³-hybridized carbons (Fsp3) is 0.348. The first-order chi connectivity index (χ1) is 14.9. The number of hydrogen-bond acceptors (Lipinski definition) is 6. The van der Waals surface area contributed by atoms with Crippen LogP contribution in [-0.4, -0.2) is 57.0 Å². The number of ether oxygens (including phenoxy) is 2. The quantitative estimate of drug-likeness (QED) is 0.677. The number of ketones is 2. The Hall–Kier alpha value is -3.39. The fourth-order valence-corrected chi connectivity index (χ4v) is 3.92. The maximum Gasteiger partial charge on any atom is 0.279 e. The van der Waals surface area contributed by atoms with E-state index in [0.717, 1.165) is 31.9 Å². The van der Waals surface area contributed by atoms with E-state index in [2.05, 4.69) is 10.2 Å². The molecule has 2 aliphatic heterocycles. The number of quaternary nitrogens is 1. The van der Waals surface area contributed by atoms with Gasteiger partial charge in [-0.2, -0.15) is 0 Å². The minimum absolute atomic E-state index is 0.0576. The van der Waals surface area contributed by atoms with E-state index in [4.69, 9.17) is 9.47 Å². The minimum Gasteiger partial charge on any atom is -0.454 e.